The van der Waals surface area contributed by atoms with Gasteiger partial charge < -0.3 is 9.73 Å². The van der Waals surface area contributed by atoms with Crippen molar-refractivity contribution in [2.24, 2.45) is 5.41 Å². The molecule has 0 radical (unpaired) electrons. The predicted molar refractivity (Wildman–Crippen MR) is 130 cm³/mol. The number of benzene rings is 2. The van der Waals surface area contributed by atoms with E-state index < -0.39 is 6.04 Å². The first-order valence-corrected chi connectivity index (χ1v) is 11.4. The maximum atomic E-state index is 13.5. The molecule has 2 heterocycles. The van der Waals surface area contributed by atoms with Gasteiger partial charge in [-0.1, -0.05) is 44.2 Å². The van der Waals surface area contributed by atoms with E-state index in [-0.39, 0.29) is 22.9 Å². The number of nitrogens with one attached hydrogen (secondary N) is 1. The lowest BCUT2D eigenvalue weighted by Crippen LogP contribution is -2.38. The summed E-state index contributed by atoms with van der Waals surface area (Å²) in [6.45, 7) is 5.59. The fourth-order valence-electron chi connectivity index (χ4n) is 5.01. The lowest BCUT2D eigenvalue weighted by Gasteiger charge is -2.35. The van der Waals surface area contributed by atoms with Crippen molar-refractivity contribution in [3.05, 3.63) is 95.1 Å². The van der Waals surface area contributed by atoms with Crippen molar-refractivity contribution in [3.8, 4) is 0 Å². The highest BCUT2D eigenvalue weighted by atomic mass is 16.3. The topological polar surface area (TPSA) is 79.6 Å². The van der Waals surface area contributed by atoms with Gasteiger partial charge in [0.05, 0.1) is 17.6 Å². The number of hydrogen-bond acceptors (Lipinski definition) is 5. The van der Waals surface area contributed by atoms with Crippen molar-refractivity contribution in [3.63, 3.8) is 0 Å². The van der Waals surface area contributed by atoms with Gasteiger partial charge in [0.15, 0.2) is 11.6 Å². The third-order valence-corrected chi connectivity index (χ3v) is 6.44. The van der Waals surface area contributed by atoms with Crippen molar-refractivity contribution >= 4 is 28.8 Å². The van der Waals surface area contributed by atoms with Gasteiger partial charge in [-0.05, 0) is 42.2 Å². The number of Topliss-reactive ketones (excluding diaryl/α,β-unsaturated/α-hetero) is 1. The highest BCUT2D eigenvalue weighted by Gasteiger charge is 2.43. The fourth-order valence-corrected chi connectivity index (χ4v) is 5.01. The lowest BCUT2D eigenvalue weighted by molar-refractivity contribution is -0.118. The molecule has 0 spiro atoms. The Bertz CT molecular complexity index is 1320. The maximum absolute atomic E-state index is 13.5. The molecule has 0 saturated carbocycles. The van der Waals surface area contributed by atoms with Crippen LogP contribution in [-0.4, -0.2) is 17.5 Å². The van der Waals surface area contributed by atoms with Crippen LogP contribution in [0.1, 0.15) is 61.3 Å². The predicted octanol–water partition coefficient (Wildman–Crippen LogP) is 5.67. The van der Waals surface area contributed by atoms with Crippen LogP contribution in [0.15, 0.2) is 82.6 Å². The average Bonchev–Trinajstić information content (AvgIpc) is 3.27. The second kappa shape index (κ2) is 8.13. The summed E-state index contributed by atoms with van der Waals surface area (Å²) in [5.74, 6) is 0.174. The lowest BCUT2D eigenvalue weighted by atomic mass is 9.74. The van der Waals surface area contributed by atoms with Crippen molar-refractivity contribution < 1.29 is 18.8 Å². The van der Waals surface area contributed by atoms with Crippen LogP contribution in [-0.2, 0) is 9.59 Å². The van der Waals surface area contributed by atoms with E-state index in [9.17, 15) is 14.4 Å². The molecule has 1 atom stereocenters. The summed E-state index contributed by atoms with van der Waals surface area (Å²) in [6, 6.07) is 17.2. The first kappa shape index (κ1) is 21.9. The molecule has 1 aromatic heterocycles. The van der Waals surface area contributed by atoms with E-state index in [0.29, 0.717) is 46.7 Å². The Balaban J connectivity index is 1.70. The van der Waals surface area contributed by atoms with Gasteiger partial charge in [0.1, 0.15) is 11.8 Å². The van der Waals surface area contributed by atoms with E-state index in [4.69, 9.17) is 4.42 Å². The highest BCUT2D eigenvalue weighted by molar-refractivity contribution is 6.11. The molecule has 6 heteroatoms. The summed E-state index contributed by atoms with van der Waals surface area (Å²) in [5.41, 5.74) is 3.36. The van der Waals surface area contributed by atoms with Crippen LogP contribution in [0.2, 0.25) is 0 Å². The van der Waals surface area contributed by atoms with Gasteiger partial charge in [0, 0.05) is 35.7 Å². The van der Waals surface area contributed by atoms with Gasteiger partial charge in [-0.3, -0.25) is 19.3 Å². The maximum Gasteiger partial charge on any atom is 0.224 e. The molecule has 6 nitrogen and oxygen atoms in total. The van der Waals surface area contributed by atoms with Gasteiger partial charge >= 0.3 is 0 Å². The van der Waals surface area contributed by atoms with E-state index in [1.165, 1.54) is 6.92 Å². The number of nitrogens with zero attached hydrogens (tertiary/aromatic N) is 1. The number of rotatable bonds is 3. The van der Waals surface area contributed by atoms with Crippen LogP contribution >= 0.6 is 0 Å². The molecule has 0 bridgehead atoms. The minimum absolute atomic E-state index is 0.0141. The van der Waals surface area contributed by atoms with Crippen LogP contribution in [0.3, 0.4) is 0 Å². The number of allylic oxidation sites excluding steroid dienone is 1. The van der Waals surface area contributed by atoms with Crippen LogP contribution in [0, 0.1) is 5.41 Å². The molecule has 1 aliphatic carbocycles. The number of amides is 1. The van der Waals surface area contributed by atoms with Gasteiger partial charge in [0.2, 0.25) is 5.91 Å². The van der Waals surface area contributed by atoms with Crippen LogP contribution < -0.4 is 10.2 Å². The quantitative estimate of drug-likeness (QED) is 0.516. The highest BCUT2D eigenvalue weighted by Crippen LogP contribution is 2.48. The molecule has 1 amide bonds. The van der Waals surface area contributed by atoms with Crippen LogP contribution in [0.4, 0.5) is 11.4 Å². The summed E-state index contributed by atoms with van der Waals surface area (Å²) in [7, 11) is 0. The summed E-state index contributed by atoms with van der Waals surface area (Å²) in [5, 5.41) is 3.44. The Hall–Kier alpha value is -3.93. The molecule has 34 heavy (non-hydrogen) atoms. The first-order valence-electron chi connectivity index (χ1n) is 11.4. The molecule has 0 saturated heterocycles. The Labute approximate surface area is 198 Å². The standard InChI is InChI=1S/C28H26N2O4/c1-17(31)30-22-12-11-19(27(33)18-8-5-4-6-9-18)14-20(22)29-21-15-28(2,3)16-23(32)25(21)26(30)24-10-7-13-34-24/h4-14,26,29H,15-16H2,1-3H3. The number of fused-ring (bicyclic) bond motifs is 1. The van der Waals surface area contributed by atoms with Crippen molar-refractivity contribution in [1.82, 2.24) is 0 Å². The fraction of sp³-hybridized carbons (Fsp3) is 0.250. The molecule has 1 N–H and O–H groups in total. The van der Waals surface area contributed by atoms with Gasteiger partial charge in [-0.25, -0.2) is 0 Å². The monoisotopic (exact) mass is 454 g/mol. The number of hydrogen-bond donors (Lipinski definition) is 1. The number of anilines is 2. The SMILES string of the molecule is CC(=O)N1c2ccc(C(=O)c3ccccc3)cc2NC2=C(C(=O)CC(C)(C)C2)C1c1ccco1. The van der Waals surface area contributed by atoms with Gasteiger partial charge in [-0.2, -0.15) is 0 Å². The number of furan rings is 1. The Morgan fingerprint density at radius 1 is 1.00 bits per heavy atom. The molecule has 0 fully saturated rings. The molecular formula is C28H26N2O4. The molecule has 2 aromatic carbocycles. The second-order valence-electron chi connectivity index (χ2n) is 9.69. The number of ketones is 2. The molecule has 5 rings (SSSR count). The summed E-state index contributed by atoms with van der Waals surface area (Å²) in [6.07, 6.45) is 2.56. The molecule has 1 unspecified atom stereocenters. The largest absolute Gasteiger partial charge is 0.467 e. The zero-order chi connectivity index (χ0) is 24.0. The van der Waals surface area contributed by atoms with Crippen molar-refractivity contribution in [2.45, 2.75) is 39.7 Å². The third kappa shape index (κ3) is 3.75. The van der Waals surface area contributed by atoms with Gasteiger partial charge in [-0.15, -0.1) is 0 Å². The normalized spacial score (nSPS) is 19.1. The zero-order valence-corrected chi connectivity index (χ0v) is 19.4. The third-order valence-electron chi connectivity index (χ3n) is 6.44. The molecule has 172 valence electrons. The summed E-state index contributed by atoms with van der Waals surface area (Å²) < 4.78 is 5.73. The summed E-state index contributed by atoms with van der Waals surface area (Å²) >= 11 is 0. The minimum atomic E-state index is -0.685. The Morgan fingerprint density at radius 3 is 2.44 bits per heavy atom. The molecule has 1 aliphatic heterocycles. The summed E-state index contributed by atoms with van der Waals surface area (Å²) in [4.78, 5) is 41.2. The van der Waals surface area contributed by atoms with E-state index in [1.54, 1.807) is 53.6 Å². The Morgan fingerprint density at radius 2 is 1.76 bits per heavy atom. The molecule has 2 aliphatic rings. The molecule has 3 aromatic rings. The smallest absolute Gasteiger partial charge is 0.224 e. The molecular weight excluding hydrogens is 428 g/mol. The van der Waals surface area contributed by atoms with Crippen molar-refractivity contribution in [1.29, 1.82) is 0 Å². The van der Waals surface area contributed by atoms with Gasteiger partial charge in [0.25, 0.3) is 0 Å². The van der Waals surface area contributed by atoms with E-state index >= 15 is 0 Å². The van der Waals surface area contributed by atoms with E-state index in [1.807, 2.05) is 18.2 Å². The van der Waals surface area contributed by atoms with E-state index in [2.05, 4.69) is 19.2 Å². The number of carbonyl (C=O) groups is 3. The zero-order valence-electron chi connectivity index (χ0n) is 19.4. The van der Waals surface area contributed by atoms with E-state index in [0.717, 1.165) is 5.70 Å². The average molecular weight is 455 g/mol. The number of carbonyl (C=O) groups excluding carboxylic acids is 3. The second-order valence-corrected chi connectivity index (χ2v) is 9.69. The van der Waals surface area contributed by atoms with Crippen molar-refractivity contribution in [2.75, 3.05) is 10.2 Å². The minimum Gasteiger partial charge on any atom is -0.467 e. The Kier molecular flexibility index (Phi) is 5.24. The first-order chi connectivity index (χ1) is 16.2. The van der Waals surface area contributed by atoms with Crippen LogP contribution in [0.25, 0.3) is 0 Å². The van der Waals surface area contributed by atoms with Crippen LogP contribution in [0.5, 0.6) is 0 Å².